The number of nitrogens with zero attached hydrogens (tertiary/aromatic N) is 1. The maximum atomic E-state index is 13.5. The third-order valence-electron chi connectivity index (χ3n) is 3.34. The molecule has 0 N–H and O–H groups in total. The van der Waals surface area contributed by atoms with Gasteiger partial charge in [-0.1, -0.05) is 12.1 Å². The van der Waals surface area contributed by atoms with Gasteiger partial charge in [-0.2, -0.15) is 0 Å². The number of rotatable bonds is 2. The average Bonchev–Trinajstić information content (AvgIpc) is 2.70. The van der Waals surface area contributed by atoms with Gasteiger partial charge in [0, 0.05) is 9.26 Å². The molecular weight excluding hydrogens is 436 g/mol. The molecule has 0 bridgehead atoms. The van der Waals surface area contributed by atoms with Gasteiger partial charge in [0.2, 0.25) is 5.91 Å². The largest absolute Gasteiger partial charge is 0.307 e. The van der Waals surface area contributed by atoms with Crippen LogP contribution in [0, 0.1) is 9.39 Å². The van der Waals surface area contributed by atoms with Gasteiger partial charge in [-0.3, -0.25) is 4.79 Å². The Kier molecular flexibility index (Phi) is 3.81. The van der Waals surface area contributed by atoms with E-state index in [-0.39, 0.29) is 11.7 Å². The molecule has 2 nitrogen and oxygen atoms in total. The molecule has 0 aliphatic carbocycles. The normalized spacial score (nSPS) is 13.8. The van der Waals surface area contributed by atoms with Crippen molar-refractivity contribution < 1.29 is 9.18 Å². The van der Waals surface area contributed by atoms with Gasteiger partial charge in [0.15, 0.2) is 0 Å². The van der Waals surface area contributed by atoms with Gasteiger partial charge < -0.3 is 4.90 Å². The van der Waals surface area contributed by atoms with Crippen LogP contribution in [0.2, 0.25) is 0 Å². The smallest absolute Gasteiger partial charge is 0.231 e. The van der Waals surface area contributed by atoms with E-state index in [2.05, 4.69) is 38.5 Å². The number of anilines is 1. The predicted octanol–water partition coefficient (Wildman–Crippen LogP) is 4.28. The van der Waals surface area contributed by atoms with Gasteiger partial charge in [-0.15, -0.1) is 0 Å². The first kappa shape index (κ1) is 14.0. The van der Waals surface area contributed by atoms with Gasteiger partial charge in [0.05, 0.1) is 17.4 Å². The number of benzene rings is 2. The van der Waals surface area contributed by atoms with E-state index in [0.29, 0.717) is 17.4 Å². The summed E-state index contributed by atoms with van der Waals surface area (Å²) in [5.74, 6) is -0.254. The van der Waals surface area contributed by atoms with Crippen LogP contribution in [0.5, 0.6) is 0 Å². The van der Waals surface area contributed by atoms with E-state index >= 15 is 0 Å². The zero-order valence-corrected chi connectivity index (χ0v) is 14.1. The fourth-order valence-corrected chi connectivity index (χ4v) is 3.31. The molecule has 0 saturated heterocycles. The highest BCUT2D eigenvalue weighted by atomic mass is 127. The first-order valence-corrected chi connectivity index (χ1v) is 7.95. The van der Waals surface area contributed by atoms with Gasteiger partial charge in [0.1, 0.15) is 5.82 Å². The van der Waals surface area contributed by atoms with Crippen LogP contribution in [0.3, 0.4) is 0 Å². The minimum Gasteiger partial charge on any atom is -0.307 e. The third-order valence-corrected chi connectivity index (χ3v) is 4.89. The number of hydrogen-bond donors (Lipinski definition) is 0. The number of carbonyl (C=O) groups excluding carboxylic acids is 1. The molecule has 0 atom stereocenters. The van der Waals surface area contributed by atoms with Crippen LogP contribution in [-0.2, 0) is 17.8 Å². The molecule has 20 heavy (non-hydrogen) atoms. The van der Waals surface area contributed by atoms with E-state index in [4.69, 9.17) is 0 Å². The van der Waals surface area contributed by atoms with Crippen LogP contribution < -0.4 is 4.90 Å². The van der Waals surface area contributed by atoms with E-state index in [0.717, 1.165) is 20.4 Å². The van der Waals surface area contributed by atoms with Crippen molar-refractivity contribution in [3.8, 4) is 0 Å². The topological polar surface area (TPSA) is 20.3 Å². The molecule has 0 aromatic heterocycles. The summed E-state index contributed by atoms with van der Waals surface area (Å²) in [6.45, 7) is 0.380. The van der Waals surface area contributed by atoms with Crippen LogP contribution in [-0.4, -0.2) is 5.91 Å². The molecule has 102 valence electrons. The second-order valence-electron chi connectivity index (χ2n) is 4.64. The number of hydrogen-bond acceptors (Lipinski definition) is 1. The summed E-state index contributed by atoms with van der Waals surface area (Å²) >= 11 is 5.48. The zero-order valence-electron chi connectivity index (χ0n) is 10.4. The highest BCUT2D eigenvalue weighted by molar-refractivity contribution is 14.1. The van der Waals surface area contributed by atoms with Crippen molar-refractivity contribution in [3.63, 3.8) is 0 Å². The lowest BCUT2D eigenvalue weighted by atomic mass is 10.1. The second kappa shape index (κ2) is 5.44. The van der Waals surface area contributed by atoms with Crippen LogP contribution in [0.25, 0.3) is 0 Å². The molecule has 5 heteroatoms. The van der Waals surface area contributed by atoms with Crippen molar-refractivity contribution in [1.82, 2.24) is 0 Å². The van der Waals surface area contributed by atoms with E-state index < -0.39 is 0 Å². The predicted molar refractivity (Wildman–Crippen MR) is 88.2 cm³/mol. The fraction of sp³-hybridized carbons (Fsp3) is 0.133. The Balaban J connectivity index is 1.96. The summed E-state index contributed by atoms with van der Waals surface area (Å²) in [6.07, 6.45) is 0.416. The molecule has 0 saturated carbocycles. The molecular formula is C15H10BrFINO. The first-order valence-electron chi connectivity index (χ1n) is 6.08. The Morgan fingerprint density at radius 3 is 2.90 bits per heavy atom. The Morgan fingerprint density at radius 1 is 1.30 bits per heavy atom. The first-order chi connectivity index (χ1) is 9.56. The molecule has 0 unspecified atom stereocenters. The Morgan fingerprint density at radius 2 is 2.10 bits per heavy atom. The number of amides is 1. The number of fused-ring (bicyclic) bond motifs is 1. The Labute approximate surface area is 138 Å². The van der Waals surface area contributed by atoms with Gasteiger partial charge >= 0.3 is 0 Å². The lowest BCUT2D eigenvalue weighted by Crippen LogP contribution is -2.26. The molecule has 0 radical (unpaired) electrons. The van der Waals surface area contributed by atoms with E-state index in [1.54, 1.807) is 11.0 Å². The molecule has 0 spiro atoms. The summed E-state index contributed by atoms with van der Waals surface area (Å²) in [5.41, 5.74) is 2.73. The quantitative estimate of drug-likeness (QED) is 0.632. The summed E-state index contributed by atoms with van der Waals surface area (Å²) < 4.78 is 15.1. The molecule has 2 aromatic carbocycles. The van der Waals surface area contributed by atoms with Crippen molar-refractivity contribution in [1.29, 1.82) is 0 Å². The number of carbonyl (C=O) groups is 1. The Hall–Kier alpha value is -0.950. The molecule has 1 aliphatic rings. The van der Waals surface area contributed by atoms with Crippen molar-refractivity contribution >= 4 is 50.1 Å². The third kappa shape index (κ3) is 2.48. The van der Waals surface area contributed by atoms with Crippen LogP contribution in [0.15, 0.2) is 40.9 Å². The standard InChI is InChI=1S/C15H10BrFINO/c16-15-9(2-1-3-12(15)17)8-19-13-5-4-11(18)6-10(13)7-14(19)20/h1-6H,7-8H2. The van der Waals surface area contributed by atoms with Crippen molar-refractivity contribution in [2.24, 2.45) is 0 Å². The molecule has 2 aromatic rings. The lowest BCUT2D eigenvalue weighted by Gasteiger charge is -2.18. The van der Waals surface area contributed by atoms with Crippen molar-refractivity contribution in [2.75, 3.05) is 4.90 Å². The summed E-state index contributed by atoms with van der Waals surface area (Å²) in [6, 6.07) is 10.8. The number of halogens is 3. The summed E-state index contributed by atoms with van der Waals surface area (Å²) in [4.78, 5) is 13.9. The summed E-state index contributed by atoms with van der Waals surface area (Å²) in [7, 11) is 0. The molecule has 1 amide bonds. The van der Waals surface area contributed by atoms with E-state index in [1.165, 1.54) is 6.07 Å². The fourth-order valence-electron chi connectivity index (χ4n) is 2.37. The van der Waals surface area contributed by atoms with Gasteiger partial charge in [-0.05, 0) is 73.9 Å². The molecule has 0 fully saturated rings. The maximum absolute atomic E-state index is 13.5. The van der Waals surface area contributed by atoms with Crippen LogP contribution >= 0.6 is 38.5 Å². The molecule has 1 aliphatic heterocycles. The van der Waals surface area contributed by atoms with E-state index in [9.17, 15) is 9.18 Å². The lowest BCUT2D eigenvalue weighted by molar-refractivity contribution is -0.117. The molecule has 1 heterocycles. The molecule has 3 rings (SSSR count). The maximum Gasteiger partial charge on any atom is 0.231 e. The highest BCUT2D eigenvalue weighted by Gasteiger charge is 2.27. The van der Waals surface area contributed by atoms with Gasteiger partial charge in [-0.25, -0.2) is 4.39 Å². The minimum absolute atomic E-state index is 0.0539. The zero-order chi connectivity index (χ0) is 14.3. The van der Waals surface area contributed by atoms with E-state index in [1.807, 2.05) is 24.3 Å². The second-order valence-corrected chi connectivity index (χ2v) is 6.68. The Bertz CT molecular complexity index is 704. The monoisotopic (exact) mass is 445 g/mol. The van der Waals surface area contributed by atoms with Gasteiger partial charge in [0.25, 0.3) is 0 Å². The summed E-state index contributed by atoms with van der Waals surface area (Å²) in [5, 5.41) is 0. The highest BCUT2D eigenvalue weighted by Crippen LogP contribution is 2.33. The minimum atomic E-state index is -0.308. The SMILES string of the molecule is O=C1Cc2cc(I)ccc2N1Cc1cccc(F)c1Br. The van der Waals surface area contributed by atoms with Crippen LogP contribution in [0.1, 0.15) is 11.1 Å². The van der Waals surface area contributed by atoms with Crippen molar-refractivity contribution in [2.45, 2.75) is 13.0 Å². The average molecular weight is 446 g/mol. The van der Waals surface area contributed by atoms with Crippen LogP contribution in [0.4, 0.5) is 10.1 Å². The van der Waals surface area contributed by atoms with Crippen molar-refractivity contribution in [3.05, 3.63) is 61.4 Å².